The second-order valence-corrected chi connectivity index (χ2v) is 4.47. The van der Waals surface area contributed by atoms with Crippen LogP contribution in [0, 0.1) is 0 Å². The van der Waals surface area contributed by atoms with E-state index >= 15 is 0 Å². The lowest BCUT2D eigenvalue weighted by atomic mass is 10.2. The Morgan fingerprint density at radius 3 is 3.26 bits per heavy atom. The molecule has 104 valence electrons. The lowest BCUT2D eigenvalue weighted by Crippen LogP contribution is -2.29. The number of anilines is 1. The van der Waals surface area contributed by atoms with Crippen LogP contribution < -0.4 is 11.1 Å². The molecule has 1 atom stereocenters. The summed E-state index contributed by atoms with van der Waals surface area (Å²) < 4.78 is 10.7. The number of amides is 1. The SMILES string of the molecule is Nc1ncccc1CNC(=O)COC[C@H]1CCCO1. The summed E-state index contributed by atoms with van der Waals surface area (Å²) in [5.74, 6) is 0.268. The Morgan fingerprint density at radius 2 is 2.53 bits per heavy atom. The molecule has 1 saturated heterocycles. The third-order valence-corrected chi connectivity index (χ3v) is 2.96. The minimum Gasteiger partial charge on any atom is -0.383 e. The topological polar surface area (TPSA) is 86.5 Å². The standard InChI is InChI=1S/C13H19N3O3/c14-13-10(3-1-5-15-13)7-16-12(17)9-18-8-11-4-2-6-19-11/h1,3,5,11H,2,4,6-9H2,(H2,14,15)(H,16,17)/t11-/m1/s1. The van der Waals surface area contributed by atoms with Gasteiger partial charge in [0.2, 0.25) is 5.91 Å². The van der Waals surface area contributed by atoms with E-state index in [4.69, 9.17) is 15.2 Å². The number of hydrogen-bond acceptors (Lipinski definition) is 5. The molecular formula is C13H19N3O3. The normalized spacial score (nSPS) is 18.4. The van der Waals surface area contributed by atoms with Gasteiger partial charge in [0, 0.05) is 24.9 Å². The fraction of sp³-hybridized carbons (Fsp3) is 0.538. The maximum Gasteiger partial charge on any atom is 0.246 e. The maximum absolute atomic E-state index is 11.6. The van der Waals surface area contributed by atoms with Crippen LogP contribution in [-0.4, -0.2) is 36.8 Å². The van der Waals surface area contributed by atoms with Crippen molar-refractivity contribution < 1.29 is 14.3 Å². The van der Waals surface area contributed by atoms with E-state index in [-0.39, 0.29) is 18.6 Å². The molecule has 0 bridgehead atoms. The second-order valence-electron chi connectivity index (χ2n) is 4.47. The van der Waals surface area contributed by atoms with Crippen LogP contribution in [0.15, 0.2) is 18.3 Å². The van der Waals surface area contributed by atoms with Gasteiger partial charge >= 0.3 is 0 Å². The first kappa shape index (κ1) is 13.8. The molecule has 1 amide bonds. The van der Waals surface area contributed by atoms with E-state index in [9.17, 15) is 4.79 Å². The molecular weight excluding hydrogens is 246 g/mol. The minimum atomic E-state index is -0.166. The summed E-state index contributed by atoms with van der Waals surface area (Å²) in [6, 6.07) is 3.61. The molecule has 0 spiro atoms. The van der Waals surface area contributed by atoms with Crippen molar-refractivity contribution in [1.82, 2.24) is 10.3 Å². The van der Waals surface area contributed by atoms with Crippen molar-refractivity contribution in [3.8, 4) is 0 Å². The molecule has 1 aromatic rings. The zero-order chi connectivity index (χ0) is 13.5. The summed E-state index contributed by atoms with van der Waals surface area (Å²) >= 11 is 0. The number of nitrogen functional groups attached to an aromatic ring is 1. The van der Waals surface area contributed by atoms with Crippen molar-refractivity contribution in [2.45, 2.75) is 25.5 Å². The largest absolute Gasteiger partial charge is 0.383 e. The highest BCUT2D eigenvalue weighted by atomic mass is 16.5. The number of nitrogens with zero attached hydrogens (tertiary/aromatic N) is 1. The Bertz CT molecular complexity index is 419. The zero-order valence-electron chi connectivity index (χ0n) is 10.8. The predicted molar refractivity (Wildman–Crippen MR) is 70.3 cm³/mol. The first-order chi connectivity index (χ1) is 9.25. The Balaban J connectivity index is 1.63. The first-order valence-corrected chi connectivity index (χ1v) is 6.41. The van der Waals surface area contributed by atoms with Crippen molar-refractivity contribution in [3.63, 3.8) is 0 Å². The molecule has 1 fully saturated rings. The van der Waals surface area contributed by atoms with Crippen LogP contribution in [0.5, 0.6) is 0 Å². The first-order valence-electron chi connectivity index (χ1n) is 6.41. The summed E-state index contributed by atoms with van der Waals surface area (Å²) in [6.07, 6.45) is 3.83. The summed E-state index contributed by atoms with van der Waals surface area (Å²) in [4.78, 5) is 15.5. The predicted octanol–water partition coefficient (Wildman–Crippen LogP) is 0.476. The Labute approximate surface area is 112 Å². The molecule has 19 heavy (non-hydrogen) atoms. The molecule has 1 aliphatic rings. The van der Waals surface area contributed by atoms with Crippen molar-refractivity contribution in [1.29, 1.82) is 0 Å². The van der Waals surface area contributed by atoms with Gasteiger partial charge in [-0.05, 0) is 18.9 Å². The van der Waals surface area contributed by atoms with E-state index in [1.54, 1.807) is 12.3 Å². The lowest BCUT2D eigenvalue weighted by Gasteiger charge is -2.10. The van der Waals surface area contributed by atoms with E-state index < -0.39 is 0 Å². The maximum atomic E-state index is 11.6. The van der Waals surface area contributed by atoms with Crippen molar-refractivity contribution in [3.05, 3.63) is 23.9 Å². The highest BCUT2D eigenvalue weighted by molar-refractivity contribution is 5.77. The molecule has 6 nitrogen and oxygen atoms in total. The fourth-order valence-corrected chi connectivity index (χ4v) is 1.90. The quantitative estimate of drug-likeness (QED) is 0.781. The van der Waals surface area contributed by atoms with Gasteiger partial charge in [0.15, 0.2) is 0 Å². The highest BCUT2D eigenvalue weighted by Crippen LogP contribution is 2.11. The lowest BCUT2D eigenvalue weighted by molar-refractivity contribution is -0.127. The van der Waals surface area contributed by atoms with Gasteiger partial charge in [-0.3, -0.25) is 4.79 Å². The fourth-order valence-electron chi connectivity index (χ4n) is 1.90. The van der Waals surface area contributed by atoms with E-state index in [2.05, 4.69) is 10.3 Å². The number of hydrogen-bond donors (Lipinski definition) is 2. The molecule has 1 aromatic heterocycles. The molecule has 2 rings (SSSR count). The van der Waals surface area contributed by atoms with Gasteiger partial charge in [-0.2, -0.15) is 0 Å². The number of carbonyl (C=O) groups excluding carboxylic acids is 1. The van der Waals surface area contributed by atoms with Gasteiger partial charge in [-0.25, -0.2) is 4.98 Å². The highest BCUT2D eigenvalue weighted by Gasteiger charge is 2.15. The van der Waals surface area contributed by atoms with Crippen molar-refractivity contribution in [2.24, 2.45) is 0 Å². The number of pyridine rings is 1. The minimum absolute atomic E-state index is 0.0417. The van der Waals surface area contributed by atoms with Crippen LogP contribution in [0.4, 0.5) is 5.82 Å². The third-order valence-electron chi connectivity index (χ3n) is 2.96. The number of rotatable bonds is 6. The number of carbonyl (C=O) groups is 1. The van der Waals surface area contributed by atoms with Crippen LogP contribution >= 0.6 is 0 Å². The molecule has 0 radical (unpaired) electrons. The molecule has 2 heterocycles. The van der Waals surface area contributed by atoms with Crippen LogP contribution in [-0.2, 0) is 20.8 Å². The van der Waals surface area contributed by atoms with Crippen LogP contribution in [0.25, 0.3) is 0 Å². The van der Waals surface area contributed by atoms with Gasteiger partial charge in [-0.1, -0.05) is 6.07 Å². The third kappa shape index (κ3) is 4.50. The molecule has 3 N–H and O–H groups in total. The van der Waals surface area contributed by atoms with Crippen molar-refractivity contribution >= 4 is 11.7 Å². The van der Waals surface area contributed by atoms with Crippen LogP contribution in [0.2, 0.25) is 0 Å². The number of nitrogens with two attached hydrogens (primary N) is 1. The number of ether oxygens (including phenoxy) is 2. The molecule has 6 heteroatoms. The van der Waals surface area contributed by atoms with Crippen LogP contribution in [0.1, 0.15) is 18.4 Å². The molecule has 1 aliphatic heterocycles. The number of nitrogens with one attached hydrogen (secondary N) is 1. The average Bonchev–Trinajstić information content (AvgIpc) is 2.91. The van der Waals surface area contributed by atoms with Gasteiger partial charge < -0.3 is 20.5 Å². The summed E-state index contributed by atoms with van der Waals surface area (Å²) in [6.45, 7) is 1.67. The summed E-state index contributed by atoms with van der Waals surface area (Å²) in [5, 5.41) is 2.74. The second kappa shape index (κ2) is 7.06. The van der Waals surface area contributed by atoms with E-state index in [0.29, 0.717) is 19.0 Å². The smallest absolute Gasteiger partial charge is 0.246 e. The molecule has 0 aliphatic carbocycles. The average molecular weight is 265 g/mol. The van der Waals surface area contributed by atoms with Crippen molar-refractivity contribution in [2.75, 3.05) is 25.6 Å². The zero-order valence-corrected chi connectivity index (χ0v) is 10.8. The molecule has 0 saturated carbocycles. The Kier molecular flexibility index (Phi) is 5.11. The van der Waals surface area contributed by atoms with Gasteiger partial charge in [0.1, 0.15) is 12.4 Å². The molecule has 0 aromatic carbocycles. The Morgan fingerprint density at radius 1 is 1.63 bits per heavy atom. The molecule has 0 unspecified atom stereocenters. The van der Waals surface area contributed by atoms with E-state index in [0.717, 1.165) is 25.0 Å². The van der Waals surface area contributed by atoms with Gasteiger partial charge in [0.25, 0.3) is 0 Å². The van der Waals surface area contributed by atoms with Gasteiger partial charge in [0.05, 0.1) is 12.7 Å². The summed E-state index contributed by atoms with van der Waals surface area (Å²) in [7, 11) is 0. The van der Waals surface area contributed by atoms with E-state index in [1.807, 2.05) is 6.07 Å². The summed E-state index contributed by atoms with van der Waals surface area (Å²) in [5.41, 5.74) is 6.48. The van der Waals surface area contributed by atoms with Gasteiger partial charge in [-0.15, -0.1) is 0 Å². The van der Waals surface area contributed by atoms with Crippen LogP contribution in [0.3, 0.4) is 0 Å². The Hall–Kier alpha value is -1.66. The van der Waals surface area contributed by atoms with E-state index in [1.165, 1.54) is 0 Å². The monoisotopic (exact) mass is 265 g/mol. The number of aromatic nitrogens is 1.